The summed E-state index contributed by atoms with van der Waals surface area (Å²) in [5.41, 5.74) is 0. The Morgan fingerprint density at radius 1 is 1.40 bits per heavy atom. The third kappa shape index (κ3) is 4.74. The highest BCUT2D eigenvalue weighted by Crippen LogP contribution is 2.54. The molecule has 0 saturated heterocycles. The minimum atomic E-state index is -3.39. The second kappa shape index (κ2) is 7.52. The summed E-state index contributed by atoms with van der Waals surface area (Å²) in [5.74, 6) is -0.351. The lowest BCUT2D eigenvalue weighted by Gasteiger charge is -2.18. The number of carbonyl (C=O) groups excluding carboxylic acids is 1. The molecule has 0 aromatic rings. The van der Waals surface area contributed by atoms with E-state index in [2.05, 4.69) is 25.0 Å². The molecule has 0 heterocycles. The molecule has 5 nitrogen and oxygen atoms in total. The van der Waals surface area contributed by atoms with Crippen LogP contribution in [0.4, 0.5) is 0 Å². The minimum Gasteiger partial charge on any atom is -0.374 e. The monoisotopic (exact) mass is 302 g/mol. The average molecular weight is 303 g/mol. The summed E-state index contributed by atoms with van der Waals surface area (Å²) in [7, 11) is -0.920. The van der Waals surface area contributed by atoms with Gasteiger partial charge in [0.05, 0.1) is 0 Å². The molecule has 0 amide bonds. The maximum atomic E-state index is 11.8. The Morgan fingerprint density at radius 2 is 1.93 bits per heavy atom. The van der Waals surface area contributed by atoms with E-state index >= 15 is 0 Å². The molecule has 0 aliphatic carbocycles. The lowest BCUT2D eigenvalue weighted by atomic mass is 10.5. The lowest BCUT2D eigenvalue weighted by molar-refractivity contribution is -0.121. The van der Waals surface area contributed by atoms with E-state index in [-0.39, 0.29) is 12.4 Å². The Labute approximate surface area is 98.1 Å². The van der Waals surface area contributed by atoms with Gasteiger partial charge in [-0.05, 0) is 6.42 Å². The van der Waals surface area contributed by atoms with Crippen molar-refractivity contribution >= 4 is 29.3 Å². The molecule has 0 fully saturated rings. The van der Waals surface area contributed by atoms with Crippen LogP contribution in [0, 0.1) is 0 Å². The lowest BCUT2D eigenvalue weighted by Crippen LogP contribution is -2.21. The van der Waals surface area contributed by atoms with Crippen molar-refractivity contribution in [1.82, 2.24) is 0 Å². The summed E-state index contributed by atoms with van der Waals surface area (Å²) >= 11 is 3.00. The Balaban J connectivity index is 4.24. The van der Waals surface area contributed by atoms with E-state index in [9.17, 15) is 9.36 Å². The minimum absolute atomic E-state index is 0.0968. The largest absolute Gasteiger partial charge is 0.374 e. The first-order valence-electron chi connectivity index (χ1n) is 4.47. The van der Waals surface area contributed by atoms with Gasteiger partial charge in [-0.1, -0.05) is 22.9 Å². The molecular formula is C8H16BrO5P. The number of Topliss-reactive ketones (excluding diaryl/α,β-unsaturated/α-hetero) is 1. The molecule has 0 rings (SSSR count). The van der Waals surface area contributed by atoms with E-state index in [0.29, 0.717) is 6.61 Å². The van der Waals surface area contributed by atoms with Crippen molar-refractivity contribution in [2.45, 2.75) is 17.9 Å². The Hall–Kier alpha value is 0.260. The topological polar surface area (TPSA) is 61.8 Å². The van der Waals surface area contributed by atoms with Crippen LogP contribution in [0.25, 0.3) is 0 Å². The van der Waals surface area contributed by atoms with Crippen LogP contribution in [0.2, 0.25) is 0 Å². The predicted octanol–water partition coefficient (Wildman–Crippen LogP) is 2.19. The van der Waals surface area contributed by atoms with E-state index in [1.807, 2.05) is 6.92 Å². The Kier molecular flexibility index (Phi) is 7.65. The first-order valence-corrected chi connectivity index (χ1v) is 7.00. The molecular weight excluding hydrogens is 287 g/mol. The van der Waals surface area contributed by atoms with E-state index in [4.69, 9.17) is 4.74 Å². The van der Waals surface area contributed by atoms with Gasteiger partial charge in [-0.2, -0.15) is 0 Å². The number of ether oxygens (including phenoxy) is 1. The van der Waals surface area contributed by atoms with Gasteiger partial charge in [0, 0.05) is 20.8 Å². The Morgan fingerprint density at radius 3 is 2.33 bits per heavy atom. The van der Waals surface area contributed by atoms with Crippen molar-refractivity contribution in [1.29, 1.82) is 0 Å². The van der Waals surface area contributed by atoms with Crippen molar-refractivity contribution in [3.8, 4) is 0 Å². The fraction of sp³-hybridized carbons (Fsp3) is 0.875. The zero-order chi connectivity index (χ0) is 11.9. The van der Waals surface area contributed by atoms with Crippen LogP contribution in [0.1, 0.15) is 13.3 Å². The van der Waals surface area contributed by atoms with Crippen LogP contribution in [-0.2, 0) is 23.1 Å². The van der Waals surface area contributed by atoms with Crippen LogP contribution in [-0.4, -0.2) is 37.8 Å². The van der Waals surface area contributed by atoms with Gasteiger partial charge < -0.3 is 13.8 Å². The molecule has 15 heavy (non-hydrogen) atoms. The van der Waals surface area contributed by atoms with Crippen molar-refractivity contribution in [3.63, 3.8) is 0 Å². The molecule has 0 aliphatic rings. The second-order valence-corrected chi connectivity index (χ2v) is 6.71. The van der Waals surface area contributed by atoms with Gasteiger partial charge in [0.2, 0.25) is 0 Å². The van der Waals surface area contributed by atoms with Crippen molar-refractivity contribution < 1.29 is 23.1 Å². The van der Waals surface area contributed by atoms with Crippen molar-refractivity contribution in [2.24, 2.45) is 0 Å². The van der Waals surface area contributed by atoms with Crippen LogP contribution in [0.5, 0.6) is 0 Å². The first-order chi connectivity index (χ1) is 7.01. The third-order valence-electron chi connectivity index (χ3n) is 1.65. The maximum absolute atomic E-state index is 11.8. The molecule has 0 N–H and O–H groups in total. The fourth-order valence-corrected chi connectivity index (χ4v) is 2.90. The normalized spacial score (nSPS) is 13.9. The standard InChI is InChI=1S/C8H16BrO5P/c1-4-5-14-6-7(10)8(9)15(11,12-2)13-3/h8H,4-6H2,1-3H3. The van der Waals surface area contributed by atoms with E-state index in [1.165, 1.54) is 14.2 Å². The van der Waals surface area contributed by atoms with Crippen LogP contribution in [0.15, 0.2) is 0 Å². The highest BCUT2D eigenvalue weighted by Gasteiger charge is 2.37. The number of hydrogen-bond acceptors (Lipinski definition) is 5. The number of alkyl halides is 1. The van der Waals surface area contributed by atoms with Gasteiger partial charge in [0.25, 0.3) is 0 Å². The van der Waals surface area contributed by atoms with Gasteiger partial charge in [-0.25, -0.2) is 0 Å². The molecule has 90 valence electrons. The van der Waals surface area contributed by atoms with Crippen LogP contribution < -0.4 is 0 Å². The van der Waals surface area contributed by atoms with Gasteiger partial charge in [0.1, 0.15) is 6.61 Å². The summed E-state index contributed by atoms with van der Waals surface area (Å²) in [6.07, 6.45) is 0.826. The summed E-state index contributed by atoms with van der Waals surface area (Å²) in [6.45, 7) is 2.33. The number of hydrogen-bond donors (Lipinski definition) is 0. The van der Waals surface area contributed by atoms with E-state index < -0.39 is 12.2 Å². The predicted molar refractivity (Wildman–Crippen MR) is 60.5 cm³/mol. The zero-order valence-corrected chi connectivity index (χ0v) is 11.5. The number of rotatable bonds is 8. The summed E-state index contributed by atoms with van der Waals surface area (Å²) < 4.78 is 25.2. The van der Waals surface area contributed by atoms with Crippen LogP contribution in [0.3, 0.4) is 0 Å². The summed E-state index contributed by atoms with van der Waals surface area (Å²) in [5, 5.41) is 0. The second-order valence-electron chi connectivity index (χ2n) is 2.76. The third-order valence-corrected chi connectivity index (χ3v) is 5.52. The van der Waals surface area contributed by atoms with Gasteiger partial charge in [-0.15, -0.1) is 0 Å². The first kappa shape index (κ1) is 15.3. The SMILES string of the molecule is CCCOCC(=O)C(Br)P(=O)(OC)OC. The quantitative estimate of drug-likeness (QED) is 0.391. The molecule has 1 atom stereocenters. The van der Waals surface area contributed by atoms with Crippen molar-refractivity contribution in [3.05, 3.63) is 0 Å². The number of halogens is 1. The molecule has 1 unspecified atom stereocenters. The van der Waals surface area contributed by atoms with Gasteiger partial charge in [0.15, 0.2) is 10.4 Å². The molecule has 0 spiro atoms. The molecule has 0 aromatic carbocycles. The number of carbonyl (C=O) groups is 1. The molecule has 0 aromatic heterocycles. The molecule has 0 radical (unpaired) electrons. The van der Waals surface area contributed by atoms with Gasteiger partial charge in [-0.3, -0.25) is 9.36 Å². The van der Waals surface area contributed by atoms with Gasteiger partial charge >= 0.3 is 7.60 Å². The van der Waals surface area contributed by atoms with E-state index in [0.717, 1.165) is 6.42 Å². The molecule has 0 aliphatic heterocycles. The molecule has 0 bridgehead atoms. The maximum Gasteiger partial charge on any atom is 0.351 e. The molecule has 0 saturated carbocycles. The molecule has 7 heteroatoms. The van der Waals surface area contributed by atoms with Crippen molar-refractivity contribution in [2.75, 3.05) is 27.4 Å². The number of ketones is 1. The average Bonchev–Trinajstić information content (AvgIpc) is 2.27. The highest BCUT2D eigenvalue weighted by atomic mass is 79.9. The highest BCUT2D eigenvalue weighted by molar-refractivity contribution is 9.11. The Bertz CT molecular complexity index is 237. The summed E-state index contributed by atoms with van der Waals surface area (Å²) in [6, 6.07) is 0. The van der Waals surface area contributed by atoms with E-state index in [1.54, 1.807) is 0 Å². The fourth-order valence-electron chi connectivity index (χ4n) is 0.822. The zero-order valence-electron chi connectivity index (χ0n) is 9.07. The van der Waals surface area contributed by atoms with Crippen LogP contribution >= 0.6 is 23.5 Å². The summed E-state index contributed by atoms with van der Waals surface area (Å²) in [4.78, 5) is 11.5. The smallest absolute Gasteiger partial charge is 0.351 e.